The number of hydrogen-bond acceptors (Lipinski definition) is 6. The molecule has 0 saturated carbocycles. The molecule has 0 aromatic carbocycles. The van der Waals surface area contributed by atoms with Crippen LogP contribution in [0, 0.1) is 5.92 Å². The Labute approximate surface area is 169 Å². The van der Waals surface area contributed by atoms with Crippen molar-refractivity contribution in [3.05, 3.63) is 34.9 Å². The Morgan fingerprint density at radius 2 is 1.93 bits per heavy atom. The highest BCUT2D eigenvalue weighted by Crippen LogP contribution is 2.22. The molecule has 0 unspecified atom stereocenters. The molecule has 0 bridgehead atoms. The maximum Gasteiger partial charge on any atom is 0.410 e. The van der Waals surface area contributed by atoms with E-state index in [1.165, 1.54) is 11.3 Å². The van der Waals surface area contributed by atoms with Gasteiger partial charge in [0.05, 0.1) is 12.2 Å². The van der Waals surface area contributed by atoms with E-state index < -0.39 is 5.60 Å². The van der Waals surface area contributed by atoms with Crippen molar-refractivity contribution in [3.8, 4) is 11.3 Å². The third-order valence-corrected chi connectivity index (χ3v) is 5.31. The number of carbonyl (C=O) groups excluding carboxylic acids is 2. The number of amides is 2. The van der Waals surface area contributed by atoms with E-state index in [-0.39, 0.29) is 17.9 Å². The van der Waals surface area contributed by atoms with Gasteiger partial charge >= 0.3 is 6.09 Å². The van der Waals surface area contributed by atoms with Crippen molar-refractivity contribution < 1.29 is 14.3 Å². The number of pyridine rings is 1. The lowest BCUT2D eigenvalue weighted by Crippen LogP contribution is -2.44. The Morgan fingerprint density at radius 1 is 1.25 bits per heavy atom. The van der Waals surface area contributed by atoms with Gasteiger partial charge in [0.1, 0.15) is 10.6 Å². The van der Waals surface area contributed by atoms with Crippen LogP contribution in [0.3, 0.4) is 0 Å². The molecule has 1 N–H and O–H groups in total. The van der Waals surface area contributed by atoms with Gasteiger partial charge in [-0.25, -0.2) is 9.78 Å². The number of thiazole rings is 1. The molecule has 0 radical (unpaired) electrons. The van der Waals surface area contributed by atoms with Crippen LogP contribution in [0.5, 0.6) is 0 Å². The molecule has 8 heteroatoms. The molecule has 2 aromatic heterocycles. The van der Waals surface area contributed by atoms with Crippen molar-refractivity contribution in [3.63, 3.8) is 0 Å². The van der Waals surface area contributed by atoms with E-state index in [4.69, 9.17) is 4.74 Å². The van der Waals surface area contributed by atoms with Crippen molar-refractivity contribution in [1.82, 2.24) is 20.2 Å². The van der Waals surface area contributed by atoms with Crippen LogP contribution in [0.2, 0.25) is 0 Å². The lowest BCUT2D eigenvalue weighted by Gasteiger charge is -2.32. The molecule has 1 aliphatic heterocycles. The van der Waals surface area contributed by atoms with Crippen molar-refractivity contribution in [2.24, 2.45) is 5.92 Å². The normalized spacial score (nSPS) is 15.3. The number of carbonyl (C=O) groups is 2. The second kappa shape index (κ2) is 8.68. The van der Waals surface area contributed by atoms with Crippen LogP contribution in [0.25, 0.3) is 11.3 Å². The number of rotatable bonds is 4. The second-order valence-electron chi connectivity index (χ2n) is 7.82. The van der Waals surface area contributed by atoms with Crippen LogP contribution in [0.1, 0.15) is 38.6 Å². The van der Waals surface area contributed by atoms with Crippen LogP contribution in [-0.4, -0.2) is 45.6 Å². The summed E-state index contributed by atoms with van der Waals surface area (Å²) in [6, 6.07) is 3.83. The van der Waals surface area contributed by atoms with Gasteiger partial charge in [0, 0.05) is 42.3 Å². The molecule has 1 fully saturated rings. The largest absolute Gasteiger partial charge is 0.444 e. The van der Waals surface area contributed by atoms with Crippen LogP contribution in [-0.2, 0) is 16.1 Å². The molecule has 28 heavy (non-hydrogen) atoms. The van der Waals surface area contributed by atoms with Crippen molar-refractivity contribution in [2.45, 2.75) is 45.8 Å². The highest BCUT2D eigenvalue weighted by atomic mass is 32.1. The molecule has 0 atom stereocenters. The highest BCUT2D eigenvalue weighted by Gasteiger charge is 2.29. The maximum absolute atomic E-state index is 12.5. The van der Waals surface area contributed by atoms with E-state index in [2.05, 4.69) is 15.3 Å². The molecule has 0 aliphatic carbocycles. The summed E-state index contributed by atoms with van der Waals surface area (Å²) in [5.74, 6) is -0.0668. The van der Waals surface area contributed by atoms with E-state index >= 15 is 0 Å². The summed E-state index contributed by atoms with van der Waals surface area (Å²) in [5, 5.41) is 5.83. The van der Waals surface area contributed by atoms with Crippen molar-refractivity contribution >= 4 is 23.3 Å². The third kappa shape index (κ3) is 5.51. The summed E-state index contributed by atoms with van der Waals surface area (Å²) in [7, 11) is 0. The minimum absolute atomic E-state index is 0.0181. The molecule has 7 nitrogen and oxygen atoms in total. The fourth-order valence-corrected chi connectivity index (χ4v) is 3.75. The molecule has 3 rings (SSSR count). The first-order valence-corrected chi connectivity index (χ1v) is 10.3. The fourth-order valence-electron chi connectivity index (χ4n) is 3.01. The predicted octanol–water partition coefficient (Wildman–Crippen LogP) is 3.47. The van der Waals surface area contributed by atoms with Gasteiger partial charge in [0.2, 0.25) is 5.91 Å². The summed E-state index contributed by atoms with van der Waals surface area (Å²) < 4.78 is 5.39. The number of aromatic nitrogens is 2. The molecule has 1 saturated heterocycles. The molecule has 2 aromatic rings. The van der Waals surface area contributed by atoms with E-state index in [1.54, 1.807) is 17.3 Å². The topological polar surface area (TPSA) is 84.4 Å². The zero-order valence-corrected chi connectivity index (χ0v) is 17.3. The monoisotopic (exact) mass is 402 g/mol. The van der Waals surface area contributed by atoms with E-state index in [1.807, 2.05) is 38.3 Å². The molecule has 3 heterocycles. The zero-order valence-electron chi connectivity index (χ0n) is 16.5. The van der Waals surface area contributed by atoms with E-state index in [9.17, 15) is 9.59 Å². The van der Waals surface area contributed by atoms with Gasteiger partial charge in [0.15, 0.2) is 0 Å². The van der Waals surface area contributed by atoms with Crippen LogP contribution in [0.4, 0.5) is 4.79 Å². The first-order valence-electron chi connectivity index (χ1n) is 9.42. The number of nitrogens with zero attached hydrogens (tertiary/aromatic N) is 3. The van der Waals surface area contributed by atoms with Crippen molar-refractivity contribution in [1.29, 1.82) is 0 Å². The summed E-state index contributed by atoms with van der Waals surface area (Å²) in [6.07, 6.45) is 4.45. The van der Waals surface area contributed by atoms with E-state index in [0.29, 0.717) is 32.5 Å². The summed E-state index contributed by atoms with van der Waals surface area (Å²) in [4.78, 5) is 34.8. The Hall–Kier alpha value is -2.48. The molecular formula is C20H26N4O3S. The minimum Gasteiger partial charge on any atom is -0.444 e. The average Bonchev–Trinajstić information content (AvgIpc) is 3.15. The number of ether oxygens (including phenoxy) is 1. The van der Waals surface area contributed by atoms with Gasteiger partial charge < -0.3 is 15.0 Å². The minimum atomic E-state index is -0.506. The molecule has 0 spiro atoms. The Morgan fingerprint density at radius 3 is 2.57 bits per heavy atom. The number of piperidine rings is 1. The number of likely N-dealkylation sites (tertiary alicyclic amines) is 1. The quantitative estimate of drug-likeness (QED) is 0.846. The molecule has 150 valence electrons. The third-order valence-electron chi connectivity index (χ3n) is 4.46. The first kappa shape index (κ1) is 20.3. The summed E-state index contributed by atoms with van der Waals surface area (Å²) in [6.45, 7) is 7.05. The first-order chi connectivity index (χ1) is 13.3. The zero-order chi connectivity index (χ0) is 20.1. The maximum atomic E-state index is 12.5. The van der Waals surface area contributed by atoms with Crippen LogP contribution < -0.4 is 5.32 Å². The van der Waals surface area contributed by atoms with Crippen LogP contribution >= 0.6 is 11.3 Å². The van der Waals surface area contributed by atoms with Gasteiger partial charge in [0.25, 0.3) is 0 Å². The lowest BCUT2D eigenvalue weighted by molar-refractivity contribution is -0.126. The van der Waals surface area contributed by atoms with E-state index in [0.717, 1.165) is 16.3 Å². The highest BCUT2D eigenvalue weighted by molar-refractivity contribution is 7.09. The Kier molecular flexibility index (Phi) is 6.28. The smallest absolute Gasteiger partial charge is 0.410 e. The standard InChI is InChI=1S/C20H26N4O3S/c1-20(2,3)27-19(26)24-10-6-15(7-11-24)18(25)22-12-17-23-16(13-28-17)14-4-8-21-9-5-14/h4-5,8-9,13,15H,6-7,10-12H2,1-3H3,(H,22,25). The lowest BCUT2D eigenvalue weighted by atomic mass is 9.96. The van der Waals surface area contributed by atoms with Gasteiger partial charge in [-0.3, -0.25) is 9.78 Å². The number of hydrogen-bond donors (Lipinski definition) is 1. The van der Waals surface area contributed by atoms with Gasteiger partial charge in [-0.15, -0.1) is 11.3 Å². The average molecular weight is 403 g/mol. The van der Waals surface area contributed by atoms with Crippen LogP contribution in [0.15, 0.2) is 29.9 Å². The molecule has 2 amide bonds. The summed E-state index contributed by atoms with van der Waals surface area (Å²) in [5.41, 5.74) is 1.40. The molecular weight excluding hydrogens is 376 g/mol. The SMILES string of the molecule is CC(C)(C)OC(=O)N1CCC(C(=O)NCc2nc(-c3ccncc3)cs2)CC1. The Bertz CT molecular complexity index is 808. The Balaban J connectivity index is 1.45. The van der Waals surface area contributed by atoms with Crippen molar-refractivity contribution in [2.75, 3.05) is 13.1 Å². The summed E-state index contributed by atoms with van der Waals surface area (Å²) >= 11 is 1.53. The molecule has 1 aliphatic rings. The second-order valence-corrected chi connectivity index (χ2v) is 8.76. The van der Waals surface area contributed by atoms with Gasteiger partial charge in [-0.1, -0.05) is 0 Å². The fraction of sp³-hybridized carbons (Fsp3) is 0.500. The predicted molar refractivity (Wildman–Crippen MR) is 108 cm³/mol. The number of nitrogens with one attached hydrogen (secondary N) is 1. The van der Waals surface area contributed by atoms with Gasteiger partial charge in [-0.2, -0.15) is 0 Å². The van der Waals surface area contributed by atoms with Gasteiger partial charge in [-0.05, 0) is 45.7 Å².